The molecule has 0 amide bonds. The smallest absolute Gasteiger partial charge is 0.693 e. The van der Waals surface area contributed by atoms with E-state index in [1.807, 2.05) is 0 Å². The first kappa shape index (κ1) is 30.0. The molecule has 0 radical (unpaired) electrons. The van der Waals surface area contributed by atoms with Crippen LogP contribution in [0.15, 0.2) is 127 Å². The van der Waals surface area contributed by atoms with Gasteiger partial charge in [-0.05, 0) is 21.2 Å². The van der Waals surface area contributed by atoms with E-state index in [0.29, 0.717) is 0 Å². The second-order valence-corrected chi connectivity index (χ2v) is 10.3. The van der Waals surface area contributed by atoms with Gasteiger partial charge in [-0.15, -0.1) is 0 Å². The first-order chi connectivity index (χ1) is 13.9. The molecule has 4 aromatic rings. The molecule has 164 valence electrons. The van der Waals surface area contributed by atoms with E-state index in [1.54, 1.807) is 0 Å². The minimum atomic E-state index is -0.653. The molecule has 4 aromatic carbocycles. The first-order valence-corrected chi connectivity index (χ1v) is 12.1. The van der Waals surface area contributed by atoms with E-state index in [1.165, 1.54) is 21.2 Å². The quantitative estimate of drug-likeness (QED) is 0.135. The van der Waals surface area contributed by atoms with E-state index in [9.17, 15) is 0 Å². The zero-order valence-electron chi connectivity index (χ0n) is 17.6. The summed E-state index contributed by atoms with van der Waals surface area (Å²) in [7, 11) is -1.24. The Morgan fingerprint density at radius 2 is 0.719 bits per heavy atom. The molecule has 0 spiro atoms. The molecule has 0 aromatic heterocycles. The normalized spacial score (nSPS) is 9.94. The number of hydrogen-bond donors (Lipinski definition) is 0. The molecule has 0 fully saturated rings. The molecule has 0 unspecified atom stereocenters. The van der Waals surface area contributed by atoms with Crippen molar-refractivity contribution in [2.24, 2.45) is 0 Å². The third kappa shape index (κ3) is 7.84. The molecule has 0 aliphatic carbocycles. The number of hydrogen-bond acceptors (Lipinski definition) is 0. The van der Waals surface area contributed by atoms with Crippen LogP contribution in [0.5, 0.6) is 0 Å². The van der Waals surface area contributed by atoms with Crippen LogP contribution in [0.1, 0.15) is 0 Å². The monoisotopic (exact) mass is 545 g/mol. The van der Waals surface area contributed by atoms with Crippen molar-refractivity contribution >= 4 is 37.1 Å². The van der Waals surface area contributed by atoms with Crippen LogP contribution in [-0.2, 0) is 19.5 Å². The maximum absolute atomic E-state index is 3.82. The van der Waals surface area contributed by atoms with Crippen molar-refractivity contribution in [2.75, 3.05) is 0 Å². The zero-order valence-corrected chi connectivity index (χ0v) is 21.1. The average molecular weight is 545 g/mol. The van der Waals surface area contributed by atoms with Crippen LogP contribution in [-0.4, -0.2) is 0 Å². The summed E-state index contributed by atoms with van der Waals surface area (Å²) in [6, 6.07) is 43.0. The van der Waals surface area contributed by atoms with Crippen molar-refractivity contribution in [3.05, 3.63) is 151 Å². The van der Waals surface area contributed by atoms with Crippen molar-refractivity contribution < 1.29 is 19.5 Å². The molecule has 4 rings (SSSR count). The molecule has 0 heterocycles. The molecule has 6 N–H and O–H groups in total. The van der Waals surface area contributed by atoms with Gasteiger partial charge in [-0.1, -0.05) is 129 Å². The summed E-state index contributed by atoms with van der Waals surface area (Å²) in [5.41, 5.74) is 0. The van der Waals surface area contributed by atoms with Gasteiger partial charge in [0.15, 0.2) is 0 Å². The van der Waals surface area contributed by atoms with Crippen molar-refractivity contribution in [1.82, 2.24) is 0 Å². The topological polar surface area (TPSA) is 100 Å². The standard InChI is InChI=1S/C26H21P2.3H2N.Ru/c1-5-13-23(14-6-1)27(24-15-7-2-8-16-24)21-22-28(25-17-9-3-10-18-25)26-19-11-4-12-20-26;;;;/h1-21H;3*1H2;/q4*-1;+4. The molecule has 0 aliphatic rings. The fourth-order valence-corrected chi connectivity index (χ4v) is 7.09. The molecular formula is C26H27N3P2Ru. The third-order valence-electron chi connectivity index (χ3n) is 4.41. The summed E-state index contributed by atoms with van der Waals surface area (Å²) >= 11 is 0. The van der Waals surface area contributed by atoms with E-state index < -0.39 is 15.8 Å². The Balaban J connectivity index is 0.00000240. The van der Waals surface area contributed by atoms with E-state index >= 15 is 0 Å². The summed E-state index contributed by atoms with van der Waals surface area (Å²) < 4.78 is 0. The number of benzene rings is 4. The second-order valence-electron chi connectivity index (χ2n) is 6.31. The second kappa shape index (κ2) is 15.7. The third-order valence-corrected chi connectivity index (χ3v) is 8.73. The Bertz CT molecular complexity index is 854. The summed E-state index contributed by atoms with van der Waals surface area (Å²) in [6.45, 7) is 0. The van der Waals surface area contributed by atoms with Crippen molar-refractivity contribution in [1.29, 1.82) is 0 Å². The van der Waals surface area contributed by atoms with Crippen LogP contribution in [0.2, 0.25) is 0 Å². The van der Waals surface area contributed by atoms with Gasteiger partial charge in [-0.3, -0.25) is 0 Å². The summed E-state index contributed by atoms with van der Waals surface area (Å²) in [6.07, 6.45) is 0. The predicted octanol–water partition coefficient (Wildman–Crippen LogP) is 7.68. The Morgan fingerprint density at radius 1 is 0.438 bits per heavy atom. The van der Waals surface area contributed by atoms with Gasteiger partial charge in [-0.2, -0.15) is 0 Å². The predicted molar refractivity (Wildman–Crippen MR) is 142 cm³/mol. The zero-order chi connectivity index (χ0) is 19.0. The minimum Gasteiger partial charge on any atom is -0.693 e. The van der Waals surface area contributed by atoms with Crippen LogP contribution < -0.4 is 21.2 Å². The average Bonchev–Trinajstić information content (AvgIpc) is 2.79. The first-order valence-electron chi connectivity index (χ1n) is 9.31. The van der Waals surface area contributed by atoms with Gasteiger partial charge >= 0.3 is 19.5 Å². The number of rotatable bonds is 6. The fourth-order valence-electron chi connectivity index (χ4n) is 3.04. The maximum atomic E-state index is 3.82. The van der Waals surface area contributed by atoms with Gasteiger partial charge in [0.2, 0.25) is 0 Å². The Hall–Kier alpha value is -2.02. The molecule has 0 atom stereocenters. The molecule has 0 saturated carbocycles. The molecule has 3 nitrogen and oxygen atoms in total. The van der Waals surface area contributed by atoms with Crippen molar-refractivity contribution in [3.63, 3.8) is 0 Å². The minimum absolute atomic E-state index is 0. The van der Waals surface area contributed by atoms with E-state index in [0.717, 1.165) is 0 Å². The van der Waals surface area contributed by atoms with E-state index in [2.05, 4.69) is 133 Å². The van der Waals surface area contributed by atoms with E-state index in [-0.39, 0.29) is 37.9 Å². The van der Waals surface area contributed by atoms with Crippen molar-refractivity contribution in [3.8, 4) is 0 Å². The largest absolute Gasteiger partial charge is 4.00 e. The Labute approximate surface area is 207 Å². The SMILES string of the molecule is [C-](=CP(c1ccccc1)c1ccccc1)P(c1ccccc1)c1ccccc1.[NH2-].[NH2-].[NH2-].[Ru+4]. The molecule has 0 aliphatic heterocycles. The van der Waals surface area contributed by atoms with Gasteiger partial charge in [0.25, 0.3) is 0 Å². The molecule has 0 saturated heterocycles. The fraction of sp³-hybridized carbons (Fsp3) is 0. The van der Waals surface area contributed by atoms with Gasteiger partial charge < -0.3 is 24.3 Å². The van der Waals surface area contributed by atoms with Gasteiger partial charge in [0, 0.05) is 0 Å². The van der Waals surface area contributed by atoms with Crippen LogP contribution in [0.25, 0.3) is 18.5 Å². The van der Waals surface area contributed by atoms with Crippen LogP contribution in [0.4, 0.5) is 0 Å². The number of nitrogens with two attached hydrogens (primary N) is 3. The summed E-state index contributed by atoms with van der Waals surface area (Å²) in [4.78, 5) is 0. The molecule has 6 heteroatoms. The van der Waals surface area contributed by atoms with Gasteiger partial charge in [-0.25, -0.2) is 13.7 Å². The molecule has 0 bridgehead atoms. The van der Waals surface area contributed by atoms with Crippen molar-refractivity contribution in [2.45, 2.75) is 0 Å². The van der Waals surface area contributed by atoms with Gasteiger partial charge in [0.1, 0.15) is 0 Å². The summed E-state index contributed by atoms with van der Waals surface area (Å²) in [5.74, 6) is 6.14. The molecule has 32 heavy (non-hydrogen) atoms. The Kier molecular flexibility index (Phi) is 14.7. The van der Waals surface area contributed by atoms with Crippen LogP contribution >= 0.6 is 15.8 Å². The maximum Gasteiger partial charge on any atom is 4.00 e. The summed E-state index contributed by atoms with van der Waals surface area (Å²) in [5, 5.41) is 5.37. The Morgan fingerprint density at radius 3 is 1.03 bits per heavy atom. The van der Waals surface area contributed by atoms with Crippen LogP contribution in [0.3, 0.4) is 0 Å². The van der Waals surface area contributed by atoms with Crippen LogP contribution in [0, 0.1) is 5.82 Å². The van der Waals surface area contributed by atoms with Gasteiger partial charge in [0.05, 0.1) is 0 Å². The molecular weight excluding hydrogens is 517 g/mol. The van der Waals surface area contributed by atoms with E-state index in [4.69, 9.17) is 0 Å².